The minimum absolute atomic E-state index is 0.0199. The third-order valence-corrected chi connectivity index (χ3v) is 3.71. The highest BCUT2D eigenvalue weighted by Crippen LogP contribution is 2.38. The Kier molecular flexibility index (Phi) is 3.57. The van der Waals surface area contributed by atoms with E-state index in [-0.39, 0.29) is 22.1 Å². The molecule has 0 atom stereocenters. The predicted octanol–water partition coefficient (Wildman–Crippen LogP) is 3.83. The van der Waals surface area contributed by atoms with E-state index in [1.54, 1.807) is 0 Å². The summed E-state index contributed by atoms with van der Waals surface area (Å²) in [7, 11) is 0. The van der Waals surface area contributed by atoms with E-state index in [9.17, 15) is 13.2 Å². The number of fused-ring (bicyclic) bond motifs is 1. The molecule has 0 amide bonds. The summed E-state index contributed by atoms with van der Waals surface area (Å²) in [5, 5.41) is 8.95. The van der Waals surface area contributed by atoms with Gasteiger partial charge in [-0.3, -0.25) is 0 Å². The van der Waals surface area contributed by atoms with Gasteiger partial charge in [-0.25, -0.2) is 9.97 Å². The summed E-state index contributed by atoms with van der Waals surface area (Å²) in [6.07, 6.45) is -2.51. The van der Waals surface area contributed by atoms with Crippen LogP contribution in [0.2, 0.25) is 5.15 Å². The third kappa shape index (κ3) is 2.55. The maximum absolute atomic E-state index is 13.3. The van der Waals surface area contributed by atoms with Crippen LogP contribution in [0.4, 0.5) is 13.2 Å². The molecule has 114 valence electrons. The van der Waals surface area contributed by atoms with Gasteiger partial charge >= 0.3 is 6.18 Å². The van der Waals surface area contributed by atoms with Gasteiger partial charge in [-0.15, -0.1) is 0 Å². The quantitative estimate of drug-likeness (QED) is 0.748. The van der Waals surface area contributed by atoms with Gasteiger partial charge in [-0.05, 0) is 25.0 Å². The molecule has 0 spiro atoms. The number of pyridine rings is 1. The second-order valence-corrected chi connectivity index (χ2v) is 5.39. The number of nitriles is 1. The minimum Gasteiger partial charge on any atom is -0.326 e. The number of imidazole rings is 1. The van der Waals surface area contributed by atoms with E-state index in [1.165, 1.54) is 16.7 Å². The van der Waals surface area contributed by atoms with Crippen LogP contribution < -0.4 is 0 Å². The van der Waals surface area contributed by atoms with Crippen molar-refractivity contribution < 1.29 is 13.2 Å². The average Bonchev–Trinajstić information content (AvgIpc) is 2.86. The Morgan fingerprint density at radius 1 is 1.23 bits per heavy atom. The van der Waals surface area contributed by atoms with Crippen LogP contribution in [0.3, 0.4) is 0 Å². The Hall–Kier alpha value is -2.07. The summed E-state index contributed by atoms with van der Waals surface area (Å²) in [4.78, 5) is 7.72. The number of hydrogen-bond donors (Lipinski definition) is 0. The Labute approximate surface area is 129 Å². The van der Waals surface area contributed by atoms with Crippen molar-refractivity contribution in [3.8, 4) is 17.5 Å². The number of aryl methyl sites for hydroxylation is 1. The van der Waals surface area contributed by atoms with Gasteiger partial charge in [0.1, 0.15) is 11.0 Å². The number of nitrogens with zero attached hydrogens (tertiary/aromatic N) is 4. The molecule has 8 heteroatoms. The molecule has 3 rings (SSSR count). The third-order valence-electron chi connectivity index (χ3n) is 3.51. The number of alkyl halides is 3. The normalized spacial score (nSPS) is 14.5. The van der Waals surface area contributed by atoms with Crippen LogP contribution in [-0.2, 0) is 19.1 Å². The highest BCUT2D eigenvalue weighted by atomic mass is 35.5. The summed E-state index contributed by atoms with van der Waals surface area (Å²) < 4.78 is 41.4. The lowest BCUT2D eigenvalue weighted by Gasteiger charge is -2.16. The number of hydrogen-bond acceptors (Lipinski definition) is 3. The molecule has 1 aliphatic heterocycles. The minimum atomic E-state index is -4.59. The van der Waals surface area contributed by atoms with E-state index < -0.39 is 11.9 Å². The van der Waals surface area contributed by atoms with Crippen molar-refractivity contribution in [3.05, 3.63) is 34.4 Å². The predicted molar refractivity (Wildman–Crippen MR) is 73.1 cm³/mol. The van der Waals surface area contributed by atoms with Gasteiger partial charge in [-0.2, -0.15) is 18.4 Å². The molecule has 22 heavy (non-hydrogen) atoms. The number of rotatable bonds is 1. The average molecular weight is 327 g/mol. The highest BCUT2D eigenvalue weighted by molar-refractivity contribution is 6.29. The Morgan fingerprint density at radius 2 is 2.00 bits per heavy atom. The smallest absolute Gasteiger partial charge is 0.326 e. The number of aromatic nitrogens is 3. The second-order valence-electron chi connectivity index (χ2n) is 5.01. The molecule has 0 radical (unpaired) electrons. The maximum atomic E-state index is 13.3. The van der Waals surface area contributed by atoms with Crippen molar-refractivity contribution in [1.29, 1.82) is 5.26 Å². The monoisotopic (exact) mass is 326 g/mol. The lowest BCUT2D eigenvalue weighted by Crippen LogP contribution is -2.12. The molecule has 0 unspecified atom stereocenters. The Bertz CT molecular complexity index is 774. The van der Waals surface area contributed by atoms with Crippen LogP contribution in [0.5, 0.6) is 0 Å². The summed E-state index contributed by atoms with van der Waals surface area (Å²) in [5.74, 6) is 0.397. The van der Waals surface area contributed by atoms with Crippen LogP contribution in [0.15, 0.2) is 12.1 Å². The second kappa shape index (κ2) is 5.29. The van der Waals surface area contributed by atoms with E-state index in [4.69, 9.17) is 16.9 Å². The summed E-state index contributed by atoms with van der Waals surface area (Å²) >= 11 is 5.82. The fraction of sp³-hybridized carbons (Fsp3) is 0.357. The molecule has 0 N–H and O–H groups in total. The van der Waals surface area contributed by atoms with Crippen molar-refractivity contribution in [2.75, 3.05) is 0 Å². The summed E-state index contributed by atoms with van der Waals surface area (Å²) in [6.45, 7) is 0.448. The largest absolute Gasteiger partial charge is 0.435 e. The first kappa shape index (κ1) is 14.9. The van der Waals surface area contributed by atoms with E-state index in [0.29, 0.717) is 18.8 Å². The van der Waals surface area contributed by atoms with E-state index >= 15 is 0 Å². The van der Waals surface area contributed by atoms with Crippen molar-refractivity contribution in [1.82, 2.24) is 14.5 Å². The first-order valence-electron chi connectivity index (χ1n) is 6.65. The molecule has 3 heterocycles. The molecule has 4 nitrogen and oxygen atoms in total. The van der Waals surface area contributed by atoms with Crippen molar-refractivity contribution in [2.45, 2.75) is 32.0 Å². The van der Waals surface area contributed by atoms with Gasteiger partial charge in [0.25, 0.3) is 0 Å². The number of halogens is 4. The molecule has 2 aromatic heterocycles. The van der Waals surface area contributed by atoms with Gasteiger partial charge in [0, 0.05) is 13.0 Å². The maximum Gasteiger partial charge on any atom is 0.435 e. The van der Waals surface area contributed by atoms with Crippen LogP contribution in [0, 0.1) is 11.3 Å². The summed E-state index contributed by atoms with van der Waals surface area (Å²) in [6, 6.07) is 4.49. The van der Waals surface area contributed by atoms with Gasteiger partial charge < -0.3 is 4.57 Å². The van der Waals surface area contributed by atoms with E-state index in [0.717, 1.165) is 12.8 Å². The van der Waals surface area contributed by atoms with Crippen molar-refractivity contribution >= 4 is 11.6 Å². The van der Waals surface area contributed by atoms with Crippen molar-refractivity contribution in [2.24, 2.45) is 0 Å². The van der Waals surface area contributed by atoms with E-state index in [2.05, 4.69) is 9.97 Å². The molecule has 0 saturated heterocycles. The highest BCUT2D eigenvalue weighted by Gasteiger charge is 2.40. The molecule has 1 aliphatic rings. The Balaban J connectivity index is 2.28. The summed E-state index contributed by atoms with van der Waals surface area (Å²) in [5.41, 5.74) is -0.893. The standard InChI is InChI=1S/C14H10ClF3N4/c15-10-6-8(7-19)5-9(20-10)12-13(14(16,17)18)21-11-3-1-2-4-22(11)12/h5-6H,1-4H2. The fourth-order valence-electron chi connectivity index (χ4n) is 2.62. The van der Waals surface area contributed by atoms with Gasteiger partial charge in [0.15, 0.2) is 5.69 Å². The zero-order chi connectivity index (χ0) is 15.9. The fourth-order valence-corrected chi connectivity index (χ4v) is 2.83. The van der Waals surface area contributed by atoms with Gasteiger partial charge in [0.05, 0.1) is 23.0 Å². The van der Waals surface area contributed by atoms with Crippen LogP contribution in [0.25, 0.3) is 11.4 Å². The topological polar surface area (TPSA) is 54.5 Å². The lowest BCUT2D eigenvalue weighted by atomic mass is 10.1. The van der Waals surface area contributed by atoms with E-state index in [1.807, 2.05) is 6.07 Å². The zero-order valence-corrected chi connectivity index (χ0v) is 12.0. The van der Waals surface area contributed by atoms with Crippen LogP contribution >= 0.6 is 11.6 Å². The first-order chi connectivity index (χ1) is 10.4. The lowest BCUT2D eigenvalue weighted by molar-refractivity contribution is -0.140. The van der Waals surface area contributed by atoms with Crippen molar-refractivity contribution in [3.63, 3.8) is 0 Å². The molecule has 0 fully saturated rings. The van der Waals surface area contributed by atoms with Gasteiger partial charge in [-0.1, -0.05) is 11.6 Å². The van der Waals surface area contributed by atoms with Crippen LogP contribution in [-0.4, -0.2) is 14.5 Å². The molecule has 0 bridgehead atoms. The SMILES string of the molecule is N#Cc1cc(Cl)nc(-c2c(C(F)(F)F)nc3n2CCCC3)c1. The molecular formula is C14H10ClF3N4. The molecule has 0 saturated carbocycles. The van der Waals surface area contributed by atoms with Gasteiger partial charge in [0.2, 0.25) is 0 Å². The molecule has 2 aromatic rings. The zero-order valence-electron chi connectivity index (χ0n) is 11.3. The van der Waals surface area contributed by atoms with Crippen LogP contribution in [0.1, 0.15) is 29.9 Å². The molecule has 0 aliphatic carbocycles. The molecular weight excluding hydrogens is 317 g/mol. The first-order valence-corrected chi connectivity index (χ1v) is 7.02. The Morgan fingerprint density at radius 3 is 2.68 bits per heavy atom. The molecule has 0 aromatic carbocycles.